The molecule has 0 rings (SSSR count). The van der Waals surface area contributed by atoms with Crippen molar-refractivity contribution in [2.45, 2.75) is 27.7 Å². The third-order valence-corrected chi connectivity index (χ3v) is 2.78. The number of hydrogen-bond donors (Lipinski definition) is 1. The molecule has 0 saturated carbocycles. The quantitative estimate of drug-likeness (QED) is 0.667. The molecule has 2 amide bonds. The minimum atomic E-state index is 0.0438. The molecule has 0 heterocycles. The van der Waals surface area contributed by atoms with Crippen LogP contribution in [0.4, 0.5) is 0 Å². The van der Waals surface area contributed by atoms with Gasteiger partial charge in [0.2, 0.25) is 11.8 Å². The zero-order chi connectivity index (χ0) is 13.3. The summed E-state index contributed by atoms with van der Waals surface area (Å²) in [6.07, 6.45) is 0. The van der Waals surface area contributed by atoms with E-state index in [4.69, 9.17) is 0 Å². The van der Waals surface area contributed by atoms with Gasteiger partial charge in [0.1, 0.15) is 0 Å². The van der Waals surface area contributed by atoms with E-state index in [1.165, 1.54) is 0 Å². The van der Waals surface area contributed by atoms with E-state index in [-0.39, 0.29) is 24.9 Å². The van der Waals surface area contributed by atoms with Crippen LogP contribution in [0.1, 0.15) is 27.7 Å². The molecule has 5 heteroatoms. The van der Waals surface area contributed by atoms with Crippen molar-refractivity contribution in [2.24, 2.45) is 0 Å². The monoisotopic (exact) mass is 243 g/mol. The average Bonchev–Trinajstić information content (AvgIpc) is 2.32. The molecule has 0 aliphatic rings. The maximum absolute atomic E-state index is 11.6. The second-order valence-electron chi connectivity index (χ2n) is 3.74. The summed E-state index contributed by atoms with van der Waals surface area (Å²) in [5.74, 6) is 0.0877. The lowest BCUT2D eigenvalue weighted by Crippen LogP contribution is -2.43. The molecule has 0 fully saturated rings. The second kappa shape index (κ2) is 8.98. The fourth-order valence-electron chi connectivity index (χ4n) is 1.65. The van der Waals surface area contributed by atoms with E-state index in [2.05, 4.69) is 5.32 Å². The Balaban J connectivity index is 3.90. The van der Waals surface area contributed by atoms with Crippen molar-refractivity contribution < 1.29 is 9.59 Å². The fraction of sp³-hybridized carbons (Fsp3) is 0.833. The van der Waals surface area contributed by atoms with Crippen LogP contribution in [0, 0.1) is 0 Å². The predicted molar refractivity (Wildman–Crippen MR) is 68.7 cm³/mol. The van der Waals surface area contributed by atoms with Gasteiger partial charge in [-0.25, -0.2) is 0 Å². The normalized spacial score (nSPS) is 10.1. The molecule has 0 saturated heterocycles. The van der Waals surface area contributed by atoms with Crippen LogP contribution in [0.25, 0.3) is 0 Å². The summed E-state index contributed by atoms with van der Waals surface area (Å²) in [6, 6.07) is 0. The van der Waals surface area contributed by atoms with Gasteiger partial charge in [0, 0.05) is 26.2 Å². The van der Waals surface area contributed by atoms with Crippen molar-refractivity contribution in [3.8, 4) is 0 Å². The van der Waals surface area contributed by atoms with Gasteiger partial charge in [0.05, 0.1) is 13.1 Å². The first kappa shape index (κ1) is 15.9. The molecule has 5 nitrogen and oxygen atoms in total. The topological polar surface area (TPSA) is 52.7 Å². The molecule has 0 radical (unpaired) electrons. The fourth-order valence-corrected chi connectivity index (χ4v) is 1.65. The van der Waals surface area contributed by atoms with Crippen LogP contribution in [0.5, 0.6) is 0 Å². The molecular formula is C12H25N3O2. The van der Waals surface area contributed by atoms with Gasteiger partial charge in [-0.2, -0.15) is 0 Å². The van der Waals surface area contributed by atoms with Gasteiger partial charge in [-0.1, -0.05) is 0 Å². The number of carbonyl (C=O) groups excluding carboxylic acids is 2. The third-order valence-electron chi connectivity index (χ3n) is 2.78. The summed E-state index contributed by atoms with van der Waals surface area (Å²) >= 11 is 0. The van der Waals surface area contributed by atoms with Gasteiger partial charge in [-0.3, -0.25) is 14.9 Å². The second-order valence-corrected chi connectivity index (χ2v) is 3.74. The molecule has 17 heavy (non-hydrogen) atoms. The Hall–Kier alpha value is -1.10. The van der Waals surface area contributed by atoms with Gasteiger partial charge >= 0.3 is 0 Å². The highest BCUT2D eigenvalue weighted by Gasteiger charge is 2.12. The van der Waals surface area contributed by atoms with Crippen molar-refractivity contribution >= 4 is 11.8 Å². The average molecular weight is 243 g/mol. The van der Waals surface area contributed by atoms with E-state index in [1.54, 1.807) is 9.80 Å². The highest BCUT2D eigenvalue weighted by molar-refractivity contribution is 5.81. The van der Waals surface area contributed by atoms with Crippen LogP contribution in [0.3, 0.4) is 0 Å². The van der Waals surface area contributed by atoms with E-state index >= 15 is 0 Å². The predicted octanol–water partition coefficient (Wildman–Crippen LogP) is 0.313. The Kier molecular flexibility index (Phi) is 8.40. The first-order chi connectivity index (χ1) is 8.10. The minimum Gasteiger partial charge on any atom is -0.342 e. The van der Waals surface area contributed by atoms with Gasteiger partial charge in [-0.15, -0.1) is 0 Å². The van der Waals surface area contributed by atoms with Crippen LogP contribution in [0.2, 0.25) is 0 Å². The lowest BCUT2D eigenvalue weighted by molar-refractivity contribution is -0.131. The van der Waals surface area contributed by atoms with E-state index < -0.39 is 0 Å². The van der Waals surface area contributed by atoms with Gasteiger partial charge in [0.25, 0.3) is 0 Å². The molecule has 0 spiro atoms. The maximum atomic E-state index is 11.6. The van der Waals surface area contributed by atoms with Crippen molar-refractivity contribution in [3.63, 3.8) is 0 Å². The van der Waals surface area contributed by atoms with E-state index in [0.717, 1.165) is 0 Å². The van der Waals surface area contributed by atoms with Crippen LogP contribution < -0.4 is 5.32 Å². The molecule has 0 aromatic carbocycles. The number of likely N-dealkylation sites (N-methyl/N-ethyl adjacent to an activating group) is 2. The van der Waals surface area contributed by atoms with Crippen molar-refractivity contribution in [3.05, 3.63) is 0 Å². The van der Waals surface area contributed by atoms with E-state index in [0.29, 0.717) is 26.2 Å². The van der Waals surface area contributed by atoms with Gasteiger partial charge < -0.3 is 9.80 Å². The minimum absolute atomic E-state index is 0.0438. The van der Waals surface area contributed by atoms with Gasteiger partial charge in [-0.05, 0) is 27.7 Å². The maximum Gasteiger partial charge on any atom is 0.236 e. The standard InChI is InChI=1S/C12H25N3O2/c1-5-14(6-2)11(16)9-13-10-12(17)15(7-3)8-4/h13H,5-10H2,1-4H3. The molecule has 0 aliphatic carbocycles. The largest absolute Gasteiger partial charge is 0.342 e. The lowest BCUT2D eigenvalue weighted by atomic mass is 10.4. The zero-order valence-electron chi connectivity index (χ0n) is 11.5. The summed E-state index contributed by atoms with van der Waals surface area (Å²) in [5.41, 5.74) is 0. The summed E-state index contributed by atoms with van der Waals surface area (Å²) in [7, 11) is 0. The number of rotatable bonds is 8. The highest BCUT2D eigenvalue weighted by Crippen LogP contribution is 1.89. The summed E-state index contributed by atoms with van der Waals surface area (Å²) in [4.78, 5) is 26.8. The van der Waals surface area contributed by atoms with Crippen LogP contribution in [0.15, 0.2) is 0 Å². The van der Waals surface area contributed by atoms with Crippen LogP contribution in [-0.4, -0.2) is 60.9 Å². The number of amides is 2. The Morgan fingerprint density at radius 1 is 0.765 bits per heavy atom. The Labute approximate surface area is 104 Å². The SMILES string of the molecule is CCN(CC)C(=O)CNCC(=O)N(CC)CC. The molecule has 0 aromatic heterocycles. The summed E-state index contributed by atoms with van der Waals surface area (Å²) in [5, 5.41) is 2.90. The Morgan fingerprint density at radius 2 is 1.06 bits per heavy atom. The zero-order valence-corrected chi connectivity index (χ0v) is 11.5. The van der Waals surface area contributed by atoms with Crippen molar-refractivity contribution in [1.82, 2.24) is 15.1 Å². The van der Waals surface area contributed by atoms with Crippen molar-refractivity contribution in [1.29, 1.82) is 0 Å². The highest BCUT2D eigenvalue weighted by atomic mass is 16.2. The number of nitrogens with one attached hydrogen (secondary N) is 1. The lowest BCUT2D eigenvalue weighted by Gasteiger charge is -2.21. The molecule has 1 N–H and O–H groups in total. The van der Waals surface area contributed by atoms with Crippen LogP contribution >= 0.6 is 0 Å². The molecule has 100 valence electrons. The first-order valence-corrected chi connectivity index (χ1v) is 6.36. The molecule has 0 unspecified atom stereocenters. The third kappa shape index (κ3) is 5.68. The number of carbonyl (C=O) groups is 2. The molecule has 0 aromatic rings. The first-order valence-electron chi connectivity index (χ1n) is 6.36. The van der Waals surface area contributed by atoms with Crippen molar-refractivity contribution in [2.75, 3.05) is 39.3 Å². The Morgan fingerprint density at radius 3 is 1.29 bits per heavy atom. The molecule has 0 bridgehead atoms. The van der Waals surface area contributed by atoms with E-state index in [9.17, 15) is 9.59 Å². The van der Waals surface area contributed by atoms with Gasteiger partial charge in [0.15, 0.2) is 0 Å². The Bertz CT molecular complexity index is 212. The van der Waals surface area contributed by atoms with E-state index in [1.807, 2.05) is 27.7 Å². The smallest absolute Gasteiger partial charge is 0.236 e. The summed E-state index contributed by atoms with van der Waals surface area (Å²) < 4.78 is 0. The van der Waals surface area contributed by atoms with Crippen LogP contribution in [-0.2, 0) is 9.59 Å². The molecule has 0 aliphatic heterocycles. The number of nitrogens with zero attached hydrogens (tertiary/aromatic N) is 2. The molecular weight excluding hydrogens is 218 g/mol. The summed E-state index contributed by atoms with van der Waals surface area (Å²) in [6.45, 7) is 11.1. The molecule has 0 atom stereocenters. The number of hydrogen-bond acceptors (Lipinski definition) is 3.